The fourth-order valence-electron chi connectivity index (χ4n) is 4.05. The van der Waals surface area contributed by atoms with E-state index in [1.807, 2.05) is 0 Å². The second-order valence-electron chi connectivity index (χ2n) is 8.38. The summed E-state index contributed by atoms with van der Waals surface area (Å²) in [7, 11) is 0. The van der Waals surface area contributed by atoms with Crippen LogP contribution in [0.1, 0.15) is 21.5 Å². The van der Waals surface area contributed by atoms with E-state index in [1.54, 1.807) is 48.7 Å². The molecule has 3 aromatic carbocycles. The number of alkyl halides is 2. The number of hydrogen-bond acceptors (Lipinski definition) is 7. The number of thiazole rings is 1. The lowest BCUT2D eigenvalue weighted by Crippen LogP contribution is -2.16. The molecule has 5 rings (SSSR count). The van der Waals surface area contributed by atoms with Gasteiger partial charge in [0.25, 0.3) is 5.91 Å². The number of aromatic nitrogens is 3. The van der Waals surface area contributed by atoms with Gasteiger partial charge in [-0.1, -0.05) is 47.7 Å². The molecule has 39 heavy (non-hydrogen) atoms. The summed E-state index contributed by atoms with van der Waals surface area (Å²) in [6, 6.07) is 18.9. The molecule has 0 aliphatic heterocycles. The minimum absolute atomic E-state index is 0.0224. The van der Waals surface area contributed by atoms with Crippen molar-refractivity contribution in [2.45, 2.75) is 13.3 Å². The second kappa shape index (κ2) is 11.3. The minimum Gasteiger partial charge on any atom is -0.375 e. The molecule has 2 aromatic heterocycles. The molecule has 0 saturated heterocycles. The molecule has 0 unspecified atom stereocenters. The number of benzene rings is 3. The number of carbonyl (C=O) groups is 1. The van der Waals surface area contributed by atoms with E-state index >= 15 is 0 Å². The normalized spacial score (nSPS) is 10.8. The molecular formula is C28H21F3N6OS. The summed E-state index contributed by atoms with van der Waals surface area (Å²) in [6.07, 6.45) is 1.56. The number of nitrogen functional groups attached to an aromatic ring is 1. The van der Waals surface area contributed by atoms with Gasteiger partial charge >= 0.3 is 0 Å². The molecular weight excluding hydrogens is 525 g/mol. The van der Waals surface area contributed by atoms with Crippen molar-refractivity contribution in [3.8, 4) is 21.8 Å². The monoisotopic (exact) mass is 546 g/mol. The van der Waals surface area contributed by atoms with E-state index in [4.69, 9.17) is 5.73 Å². The van der Waals surface area contributed by atoms with Crippen LogP contribution in [0.25, 0.3) is 21.8 Å². The zero-order chi connectivity index (χ0) is 27.4. The highest BCUT2D eigenvalue weighted by molar-refractivity contribution is 7.19. The first-order chi connectivity index (χ1) is 18.9. The van der Waals surface area contributed by atoms with E-state index in [0.717, 1.165) is 0 Å². The Morgan fingerprint density at radius 3 is 2.36 bits per heavy atom. The van der Waals surface area contributed by atoms with Gasteiger partial charge in [-0.05, 0) is 47.5 Å². The topological polar surface area (TPSA) is 106 Å². The first-order valence-corrected chi connectivity index (χ1v) is 12.5. The van der Waals surface area contributed by atoms with Gasteiger partial charge in [-0.25, -0.2) is 28.1 Å². The quantitative estimate of drug-likeness (QED) is 0.195. The highest BCUT2D eigenvalue weighted by atomic mass is 32.1. The average molecular weight is 547 g/mol. The first kappa shape index (κ1) is 25.9. The van der Waals surface area contributed by atoms with Crippen LogP contribution in [0, 0.1) is 5.82 Å². The lowest BCUT2D eigenvalue weighted by atomic mass is 10.0. The van der Waals surface area contributed by atoms with Crippen molar-refractivity contribution in [2.24, 2.45) is 0 Å². The van der Waals surface area contributed by atoms with Gasteiger partial charge in [-0.15, -0.1) is 0 Å². The summed E-state index contributed by atoms with van der Waals surface area (Å²) < 4.78 is 40.6. The number of nitrogens with one attached hydrogen (secondary N) is 2. The number of carbonyl (C=O) groups excluding carboxylic acids is 1. The van der Waals surface area contributed by atoms with Crippen LogP contribution in [0.3, 0.4) is 0 Å². The van der Waals surface area contributed by atoms with E-state index < -0.39 is 25.1 Å². The van der Waals surface area contributed by atoms with E-state index in [-0.39, 0.29) is 22.6 Å². The van der Waals surface area contributed by atoms with E-state index in [0.29, 0.717) is 38.3 Å². The van der Waals surface area contributed by atoms with Crippen LogP contribution >= 0.6 is 11.3 Å². The molecule has 4 N–H and O–H groups in total. The zero-order valence-electron chi connectivity index (χ0n) is 20.3. The fourth-order valence-corrected chi connectivity index (χ4v) is 4.88. The summed E-state index contributed by atoms with van der Waals surface area (Å²) in [5.74, 6) is -0.753. The van der Waals surface area contributed by atoms with Crippen LogP contribution in [0.5, 0.6) is 0 Å². The molecule has 0 aliphatic carbocycles. The Balaban J connectivity index is 1.45. The molecule has 0 spiro atoms. The standard InChI is InChI=1S/C28H21F3N6OS/c29-14-17-5-1-6-18(15-30)23(17)26(38)34-20-8-2-4-16(12-20)24-25(39-27(32)37-24)22-10-11-33-28(36-22)35-21-9-3-7-19(31)13-21/h1-13H,14-15H2,(H2,32,37)(H,34,38)(H,33,35,36). The number of nitrogens with two attached hydrogens (primary N) is 1. The van der Waals surface area contributed by atoms with Crippen LogP contribution in [-0.2, 0) is 13.3 Å². The summed E-state index contributed by atoms with van der Waals surface area (Å²) >= 11 is 1.22. The zero-order valence-corrected chi connectivity index (χ0v) is 21.1. The van der Waals surface area contributed by atoms with Crippen molar-refractivity contribution >= 4 is 39.7 Å². The molecule has 0 bridgehead atoms. The summed E-state index contributed by atoms with van der Waals surface area (Å²) in [5.41, 5.74) is 8.85. The fraction of sp³-hybridized carbons (Fsp3) is 0.0714. The Kier molecular flexibility index (Phi) is 7.50. The Bertz CT molecular complexity index is 1640. The number of anilines is 4. The molecule has 196 valence electrons. The summed E-state index contributed by atoms with van der Waals surface area (Å²) in [6.45, 7) is -1.79. The van der Waals surface area contributed by atoms with Crippen molar-refractivity contribution < 1.29 is 18.0 Å². The predicted molar refractivity (Wildman–Crippen MR) is 147 cm³/mol. The third kappa shape index (κ3) is 5.73. The SMILES string of the molecule is Nc1nc(-c2cccc(NC(=O)c3c(CF)cccc3CF)c2)c(-c2ccnc(Nc3cccc(F)c3)n2)s1. The van der Waals surface area contributed by atoms with Gasteiger partial charge in [0.15, 0.2) is 5.13 Å². The van der Waals surface area contributed by atoms with E-state index in [1.165, 1.54) is 41.7 Å². The van der Waals surface area contributed by atoms with Gasteiger partial charge in [0.05, 0.1) is 21.8 Å². The van der Waals surface area contributed by atoms with Gasteiger partial charge in [0.1, 0.15) is 19.2 Å². The van der Waals surface area contributed by atoms with Gasteiger partial charge < -0.3 is 16.4 Å². The maximum Gasteiger partial charge on any atom is 0.256 e. The van der Waals surface area contributed by atoms with Crippen LogP contribution in [0.4, 0.5) is 35.6 Å². The van der Waals surface area contributed by atoms with Gasteiger partial charge in [0.2, 0.25) is 5.95 Å². The lowest BCUT2D eigenvalue weighted by Gasteiger charge is -2.12. The molecule has 1 amide bonds. The van der Waals surface area contributed by atoms with Crippen molar-refractivity contribution in [1.82, 2.24) is 15.0 Å². The number of rotatable bonds is 8. The minimum atomic E-state index is -0.896. The third-order valence-electron chi connectivity index (χ3n) is 5.76. The number of nitrogens with zero attached hydrogens (tertiary/aromatic N) is 3. The van der Waals surface area contributed by atoms with Crippen molar-refractivity contribution in [3.63, 3.8) is 0 Å². The van der Waals surface area contributed by atoms with Gasteiger partial charge in [0, 0.05) is 23.1 Å². The number of halogens is 3. The van der Waals surface area contributed by atoms with E-state index in [9.17, 15) is 18.0 Å². The van der Waals surface area contributed by atoms with Crippen molar-refractivity contribution in [1.29, 1.82) is 0 Å². The maximum absolute atomic E-state index is 13.6. The van der Waals surface area contributed by atoms with Crippen LogP contribution < -0.4 is 16.4 Å². The number of amides is 1. The summed E-state index contributed by atoms with van der Waals surface area (Å²) in [4.78, 5) is 26.9. The lowest BCUT2D eigenvalue weighted by molar-refractivity contribution is 0.102. The second-order valence-corrected chi connectivity index (χ2v) is 9.41. The van der Waals surface area contributed by atoms with Crippen molar-refractivity contribution in [2.75, 3.05) is 16.4 Å². The smallest absolute Gasteiger partial charge is 0.256 e. The molecule has 5 aromatic rings. The Morgan fingerprint density at radius 1 is 0.897 bits per heavy atom. The molecule has 0 radical (unpaired) electrons. The largest absolute Gasteiger partial charge is 0.375 e. The molecule has 11 heteroatoms. The molecule has 2 heterocycles. The third-order valence-corrected chi connectivity index (χ3v) is 6.67. The van der Waals surface area contributed by atoms with Crippen LogP contribution in [0.15, 0.2) is 79.0 Å². The molecule has 0 atom stereocenters. The van der Waals surface area contributed by atoms with Crippen molar-refractivity contribution in [3.05, 3.63) is 102 Å². The molecule has 0 aliphatic rings. The average Bonchev–Trinajstić information content (AvgIpc) is 3.34. The predicted octanol–water partition coefficient (Wildman–Crippen LogP) is 6.92. The molecule has 7 nitrogen and oxygen atoms in total. The Hall–Kier alpha value is -4.77. The Morgan fingerprint density at radius 2 is 1.62 bits per heavy atom. The maximum atomic E-state index is 13.6. The highest BCUT2D eigenvalue weighted by Crippen LogP contribution is 2.38. The van der Waals surface area contributed by atoms with Gasteiger partial charge in [-0.3, -0.25) is 4.79 Å². The van der Waals surface area contributed by atoms with E-state index in [2.05, 4.69) is 25.6 Å². The first-order valence-electron chi connectivity index (χ1n) is 11.7. The highest BCUT2D eigenvalue weighted by Gasteiger charge is 2.19. The number of hydrogen-bond donors (Lipinski definition) is 3. The van der Waals surface area contributed by atoms with Crippen LogP contribution in [0.2, 0.25) is 0 Å². The van der Waals surface area contributed by atoms with Crippen LogP contribution in [-0.4, -0.2) is 20.9 Å². The summed E-state index contributed by atoms with van der Waals surface area (Å²) in [5, 5.41) is 6.01. The molecule has 0 fully saturated rings. The molecule has 0 saturated carbocycles. The Labute approximate surface area is 225 Å². The van der Waals surface area contributed by atoms with Gasteiger partial charge in [-0.2, -0.15) is 0 Å².